The van der Waals surface area contributed by atoms with Gasteiger partial charge < -0.3 is 24.1 Å². The molecule has 0 bridgehead atoms. The van der Waals surface area contributed by atoms with Crippen LogP contribution in [0.4, 0.5) is 5.95 Å². The fourth-order valence-corrected chi connectivity index (χ4v) is 4.35. The molecular weight excluding hydrogens is 445 g/mol. The van der Waals surface area contributed by atoms with Crippen LogP contribution >= 0.6 is 7.60 Å². The van der Waals surface area contributed by atoms with Gasteiger partial charge in [0.1, 0.15) is 6.35 Å². The van der Waals surface area contributed by atoms with Gasteiger partial charge in [-0.2, -0.15) is 4.98 Å². The minimum atomic E-state index is -3.56. The zero-order valence-electron chi connectivity index (χ0n) is 17.8. The monoisotopic (exact) mass is 469 g/mol. The number of hydrogen-bond donors (Lipinski definition) is 2. The largest absolute Gasteiger partial charge is 0.369 e. The van der Waals surface area contributed by atoms with E-state index < -0.39 is 13.2 Å². The number of aromatic nitrogens is 4. The van der Waals surface area contributed by atoms with Crippen LogP contribution in [0, 0.1) is 0 Å². The van der Waals surface area contributed by atoms with Crippen LogP contribution in [0.1, 0.15) is 11.1 Å². The minimum Gasteiger partial charge on any atom is -0.369 e. The highest BCUT2D eigenvalue weighted by Gasteiger charge is 2.25. The summed E-state index contributed by atoms with van der Waals surface area (Å²) in [6.45, 7) is 0.764. The first kappa shape index (κ1) is 22.9. The lowest BCUT2D eigenvalue weighted by atomic mass is 10.2. The number of rotatable bonds is 11. The summed E-state index contributed by atoms with van der Waals surface area (Å²) in [6, 6.07) is 18.8. The molecule has 0 amide bonds. The molecule has 3 N–H and O–H groups in total. The summed E-state index contributed by atoms with van der Waals surface area (Å²) < 4.78 is 32.0. The van der Waals surface area contributed by atoms with Crippen molar-refractivity contribution < 1.29 is 18.3 Å². The van der Waals surface area contributed by atoms with Crippen molar-refractivity contribution in [3.63, 3.8) is 0 Å². The van der Waals surface area contributed by atoms with E-state index in [2.05, 4.69) is 15.0 Å². The van der Waals surface area contributed by atoms with Crippen molar-refractivity contribution in [3.8, 4) is 0 Å². The topological polar surface area (TPSA) is 134 Å². The third-order valence-corrected chi connectivity index (χ3v) is 6.30. The molecule has 2 heterocycles. The first-order valence-corrected chi connectivity index (χ1v) is 12.0. The van der Waals surface area contributed by atoms with Crippen molar-refractivity contribution in [1.29, 1.82) is 0 Å². The van der Waals surface area contributed by atoms with Crippen molar-refractivity contribution in [2.45, 2.75) is 19.8 Å². The molecule has 0 atom stereocenters. The number of aromatic amines is 1. The molecule has 0 aliphatic heterocycles. The summed E-state index contributed by atoms with van der Waals surface area (Å²) >= 11 is 0. The van der Waals surface area contributed by atoms with E-state index in [-0.39, 0.29) is 37.6 Å². The lowest BCUT2D eigenvalue weighted by Gasteiger charge is -2.19. The van der Waals surface area contributed by atoms with Crippen molar-refractivity contribution in [2.24, 2.45) is 0 Å². The van der Waals surface area contributed by atoms with E-state index >= 15 is 0 Å². The highest BCUT2D eigenvalue weighted by molar-refractivity contribution is 7.53. The summed E-state index contributed by atoms with van der Waals surface area (Å²) in [4.78, 5) is 22.5. The number of imidazole rings is 1. The number of nitrogen functional groups attached to an aromatic ring is 1. The Labute approximate surface area is 189 Å². The average Bonchev–Trinajstić information content (AvgIpc) is 3.24. The predicted molar refractivity (Wildman–Crippen MR) is 123 cm³/mol. The smallest absolute Gasteiger partial charge is 0.356 e. The maximum absolute atomic E-state index is 13.4. The van der Waals surface area contributed by atoms with E-state index in [9.17, 15) is 9.36 Å². The van der Waals surface area contributed by atoms with Gasteiger partial charge in [0.15, 0.2) is 11.2 Å². The maximum atomic E-state index is 13.4. The van der Waals surface area contributed by atoms with Crippen LogP contribution in [0.25, 0.3) is 11.2 Å². The van der Waals surface area contributed by atoms with Gasteiger partial charge in [-0.25, -0.2) is 4.98 Å². The van der Waals surface area contributed by atoms with Crippen LogP contribution < -0.4 is 11.3 Å². The van der Waals surface area contributed by atoms with Crippen molar-refractivity contribution in [2.75, 3.05) is 18.7 Å². The van der Waals surface area contributed by atoms with Crippen LogP contribution in [0.5, 0.6) is 0 Å². The van der Waals surface area contributed by atoms with Crippen LogP contribution in [0.3, 0.4) is 0 Å². The zero-order valence-corrected chi connectivity index (χ0v) is 18.7. The lowest BCUT2D eigenvalue weighted by molar-refractivity contribution is 0.117. The molecule has 4 aromatic rings. The standard InChI is InChI=1S/C22H24N5O5P/c23-22-25-20-19(21(28)26-22)24-15-27(20)11-12-30-16-33(29,31-13-17-7-3-1-4-8-17)32-14-18-9-5-2-6-10-18/h1-10,15H,11-14,16H2,(H3,23,25,26,28). The highest BCUT2D eigenvalue weighted by Crippen LogP contribution is 2.49. The molecule has 0 unspecified atom stereocenters. The molecule has 0 saturated heterocycles. The van der Waals surface area contributed by atoms with E-state index in [1.165, 1.54) is 6.33 Å². The number of fused-ring (bicyclic) bond motifs is 1. The number of nitrogens with zero attached hydrogens (tertiary/aromatic N) is 3. The van der Waals surface area contributed by atoms with Gasteiger partial charge in [-0.05, 0) is 11.1 Å². The molecular formula is C22H24N5O5P. The highest BCUT2D eigenvalue weighted by atomic mass is 31.2. The molecule has 10 nitrogen and oxygen atoms in total. The van der Waals surface area contributed by atoms with E-state index in [4.69, 9.17) is 19.5 Å². The van der Waals surface area contributed by atoms with E-state index in [1.807, 2.05) is 60.7 Å². The fraction of sp³-hybridized carbons (Fsp3) is 0.227. The SMILES string of the molecule is Nc1nc2c(ncn2CCOCP(=O)(OCc2ccccc2)OCc2ccccc2)c(=O)[nH]1. The van der Waals surface area contributed by atoms with Gasteiger partial charge in [-0.1, -0.05) is 60.7 Å². The van der Waals surface area contributed by atoms with Crippen LogP contribution in [0.2, 0.25) is 0 Å². The molecule has 0 fully saturated rings. The van der Waals surface area contributed by atoms with Crippen LogP contribution in [-0.4, -0.2) is 32.5 Å². The van der Waals surface area contributed by atoms with Gasteiger partial charge >= 0.3 is 7.60 Å². The summed E-state index contributed by atoms with van der Waals surface area (Å²) in [7, 11) is -3.56. The second-order valence-corrected chi connectivity index (χ2v) is 9.22. The minimum absolute atomic E-state index is 0.00305. The van der Waals surface area contributed by atoms with Gasteiger partial charge in [0, 0.05) is 6.54 Å². The van der Waals surface area contributed by atoms with Crippen molar-refractivity contribution in [3.05, 3.63) is 88.5 Å². The normalized spacial score (nSPS) is 11.8. The lowest BCUT2D eigenvalue weighted by Crippen LogP contribution is -2.13. The Bertz CT molecular complexity index is 1250. The van der Waals surface area contributed by atoms with E-state index in [1.54, 1.807) is 4.57 Å². The molecule has 11 heteroatoms. The van der Waals surface area contributed by atoms with Gasteiger partial charge in [0.05, 0.1) is 26.1 Å². The summed E-state index contributed by atoms with van der Waals surface area (Å²) in [6.07, 6.45) is 1.25. The molecule has 0 saturated carbocycles. The molecule has 0 aliphatic rings. The van der Waals surface area contributed by atoms with E-state index in [0.29, 0.717) is 12.2 Å². The van der Waals surface area contributed by atoms with Crippen molar-refractivity contribution in [1.82, 2.24) is 19.5 Å². The molecule has 4 rings (SSSR count). The Morgan fingerprint density at radius 1 is 0.970 bits per heavy atom. The number of hydrogen-bond acceptors (Lipinski definition) is 8. The Balaban J connectivity index is 1.38. The van der Waals surface area contributed by atoms with Gasteiger partial charge in [0.25, 0.3) is 5.56 Å². The number of benzene rings is 2. The first-order chi connectivity index (χ1) is 16.0. The van der Waals surface area contributed by atoms with Crippen LogP contribution in [-0.2, 0) is 38.1 Å². The van der Waals surface area contributed by atoms with Crippen molar-refractivity contribution >= 4 is 24.7 Å². The van der Waals surface area contributed by atoms with E-state index in [0.717, 1.165) is 11.1 Å². The molecule has 0 spiro atoms. The molecule has 2 aromatic carbocycles. The summed E-state index contributed by atoms with van der Waals surface area (Å²) in [5, 5.41) is 0. The summed E-state index contributed by atoms with van der Waals surface area (Å²) in [5.41, 5.74) is 7.49. The third kappa shape index (κ3) is 6.15. The zero-order chi connectivity index (χ0) is 23.1. The predicted octanol–water partition coefficient (Wildman–Crippen LogP) is 3.30. The number of nitrogens with one attached hydrogen (secondary N) is 1. The quantitative estimate of drug-likeness (QED) is 0.252. The molecule has 33 heavy (non-hydrogen) atoms. The number of nitrogens with two attached hydrogens (primary N) is 1. The van der Waals surface area contributed by atoms with Gasteiger partial charge in [-0.15, -0.1) is 0 Å². The molecule has 172 valence electrons. The number of ether oxygens (including phenoxy) is 1. The number of anilines is 1. The van der Waals surface area contributed by atoms with Gasteiger partial charge in [0.2, 0.25) is 5.95 Å². The fourth-order valence-electron chi connectivity index (χ4n) is 3.08. The second-order valence-electron chi connectivity index (χ2n) is 7.23. The average molecular weight is 469 g/mol. The Morgan fingerprint density at radius 2 is 1.58 bits per heavy atom. The third-order valence-electron chi connectivity index (χ3n) is 4.76. The molecule has 0 radical (unpaired) electrons. The Morgan fingerprint density at radius 3 is 2.18 bits per heavy atom. The van der Waals surface area contributed by atoms with Gasteiger partial charge in [-0.3, -0.25) is 14.3 Å². The summed E-state index contributed by atoms with van der Waals surface area (Å²) in [5.74, 6) is 0.00305. The first-order valence-electron chi connectivity index (χ1n) is 10.3. The second kappa shape index (κ2) is 10.5. The van der Waals surface area contributed by atoms with Crippen LogP contribution in [0.15, 0.2) is 71.8 Å². The Hall–Kier alpha value is -3.30. The molecule has 0 aliphatic carbocycles. The Kier molecular flexibility index (Phi) is 7.31. The number of H-pyrrole nitrogens is 1. The maximum Gasteiger partial charge on any atom is 0.356 e. The molecule has 2 aromatic heterocycles.